The first-order valence-corrected chi connectivity index (χ1v) is 10.0. The number of carbonyl (C=O) groups is 1. The lowest BCUT2D eigenvalue weighted by molar-refractivity contribution is -0.121. The Morgan fingerprint density at radius 2 is 2.00 bits per heavy atom. The van der Waals surface area contributed by atoms with Crippen LogP contribution in [0.2, 0.25) is 0 Å². The molecule has 0 unspecified atom stereocenters. The predicted molar refractivity (Wildman–Crippen MR) is 110 cm³/mol. The van der Waals surface area contributed by atoms with Crippen LogP contribution in [0.3, 0.4) is 0 Å². The Balaban J connectivity index is 1.82. The van der Waals surface area contributed by atoms with Crippen LogP contribution < -0.4 is 15.4 Å². The summed E-state index contributed by atoms with van der Waals surface area (Å²) in [5.41, 5.74) is 1.11. The summed E-state index contributed by atoms with van der Waals surface area (Å²) in [4.78, 5) is 18.7. The van der Waals surface area contributed by atoms with E-state index in [0.717, 1.165) is 23.8 Å². The number of amides is 1. The van der Waals surface area contributed by atoms with Gasteiger partial charge in [-0.05, 0) is 31.7 Å². The van der Waals surface area contributed by atoms with Crippen LogP contribution in [0, 0.1) is 5.92 Å². The molecule has 1 aliphatic rings. The fourth-order valence-electron chi connectivity index (χ4n) is 3.54. The minimum atomic E-state index is 0.157. The molecule has 1 fully saturated rings. The maximum Gasteiger partial charge on any atom is 0.220 e. The van der Waals surface area contributed by atoms with E-state index in [0.29, 0.717) is 32.0 Å². The summed E-state index contributed by atoms with van der Waals surface area (Å²) in [5, 5.41) is 6.31. The molecule has 0 saturated heterocycles. The number of nitrogens with one attached hydrogen (secondary N) is 2. The van der Waals surface area contributed by atoms with Crippen LogP contribution >= 0.6 is 0 Å². The van der Waals surface area contributed by atoms with Crippen LogP contribution in [0.5, 0.6) is 5.75 Å². The highest BCUT2D eigenvalue weighted by molar-refractivity contribution is 5.80. The van der Waals surface area contributed by atoms with Gasteiger partial charge >= 0.3 is 0 Å². The molecule has 1 amide bonds. The Labute approximate surface area is 163 Å². The Kier molecular flexibility index (Phi) is 8.95. The van der Waals surface area contributed by atoms with Crippen molar-refractivity contribution in [1.29, 1.82) is 0 Å². The van der Waals surface area contributed by atoms with Gasteiger partial charge in [-0.1, -0.05) is 31.0 Å². The lowest BCUT2D eigenvalue weighted by Crippen LogP contribution is -2.39. The van der Waals surface area contributed by atoms with Crippen molar-refractivity contribution in [3.63, 3.8) is 0 Å². The highest BCUT2D eigenvalue weighted by atomic mass is 16.5. The van der Waals surface area contributed by atoms with E-state index in [2.05, 4.69) is 33.5 Å². The van der Waals surface area contributed by atoms with E-state index in [9.17, 15) is 4.79 Å². The lowest BCUT2D eigenvalue weighted by atomic mass is 10.0. The van der Waals surface area contributed by atoms with E-state index in [4.69, 9.17) is 4.74 Å². The summed E-state index contributed by atoms with van der Waals surface area (Å²) in [6.07, 6.45) is 5.60. The molecule has 1 aliphatic carbocycles. The maximum atomic E-state index is 12.0. The molecule has 1 aromatic carbocycles. The third kappa shape index (κ3) is 7.12. The second-order valence-electron chi connectivity index (χ2n) is 7.11. The Bertz CT molecular complexity index is 612. The lowest BCUT2D eigenvalue weighted by Gasteiger charge is -2.23. The number of benzene rings is 1. The number of ether oxygens (including phenoxy) is 1. The molecule has 0 atom stereocenters. The number of nitrogens with zero attached hydrogens (tertiary/aromatic N) is 2. The van der Waals surface area contributed by atoms with Crippen molar-refractivity contribution in [3.05, 3.63) is 29.8 Å². The number of carbonyl (C=O) groups excluding carboxylic acids is 1. The molecule has 27 heavy (non-hydrogen) atoms. The van der Waals surface area contributed by atoms with Crippen LogP contribution in [0.15, 0.2) is 29.3 Å². The number of aliphatic imine (C=N–C) groups is 1. The van der Waals surface area contributed by atoms with Gasteiger partial charge in [0.05, 0.1) is 13.7 Å². The molecule has 0 aromatic heterocycles. The number of para-hydroxylation sites is 1. The minimum Gasteiger partial charge on any atom is -0.496 e. The van der Waals surface area contributed by atoms with E-state index in [1.165, 1.54) is 25.7 Å². The number of hydrogen-bond acceptors (Lipinski definition) is 3. The van der Waals surface area contributed by atoms with E-state index in [-0.39, 0.29) is 5.91 Å². The SMILES string of the molecule is CCNC(=NCCNC(=O)CC1CCCC1)N(C)Cc1ccccc1OC. The Hall–Kier alpha value is -2.24. The van der Waals surface area contributed by atoms with Crippen molar-refractivity contribution in [1.82, 2.24) is 15.5 Å². The number of rotatable bonds is 9. The van der Waals surface area contributed by atoms with Gasteiger partial charge in [-0.2, -0.15) is 0 Å². The van der Waals surface area contributed by atoms with Gasteiger partial charge in [0.2, 0.25) is 5.91 Å². The molecule has 0 spiro atoms. The van der Waals surface area contributed by atoms with Crippen molar-refractivity contribution in [2.24, 2.45) is 10.9 Å². The molecule has 1 aromatic rings. The molecule has 0 bridgehead atoms. The molecule has 0 heterocycles. The van der Waals surface area contributed by atoms with Crippen molar-refractivity contribution in [2.75, 3.05) is 33.8 Å². The summed E-state index contributed by atoms with van der Waals surface area (Å²) in [6, 6.07) is 8.00. The smallest absolute Gasteiger partial charge is 0.220 e. The summed E-state index contributed by atoms with van der Waals surface area (Å²) in [6.45, 7) is 4.68. The summed E-state index contributed by atoms with van der Waals surface area (Å²) < 4.78 is 5.43. The van der Waals surface area contributed by atoms with Crippen LogP contribution in [0.4, 0.5) is 0 Å². The average molecular weight is 375 g/mol. The predicted octanol–water partition coefficient (Wildman–Crippen LogP) is 2.79. The molecular weight excluding hydrogens is 340 g/mol. The van der Waals surface area contributed by atoms with Gasteiger partial charge < -0.3 is 20.3 Å². The van der Waals surface area contributed by atoms with Gasteiger partial charge in [0.1, 0.15) is 5.75 Å². The number of hydrogen-bond donors (Lipinski definition) is 2. The molecule has 150 valence electrons. The molecule has 2 rings (SSSR count). The first-order chi connectivity index (χ1) is 13.1. The first-order valence-electron chi connectivity index (χ1n) is 10.0. The van der Waals surface area contributed by atoms with Gasteiger partial charge in [-0.25, -0.2) is 0 Å². The Morgan fingerprint density at radius 1 is 1.26 bits per heavy atom. The standard InChI is InChI=1S/C21H34N4O2/c1-4-22-21(25(2)16-18-11-7-8-12-19(18)27-3)24-14-13-23-20(26)15-17-9-5-6-10-17/h7-8,11-12,17H,4-6,9-10,13-16H2,1-3H3,(H,22,24)(H,23,26). The highest BCUT2D eigenvalue weighted by Gasteiger charge is 2.18. The average Bonchev–Trinajstić information content (AvgIpc) is 3.17. The summed E-state index contributed by atoms with van der Waals surface area (Å²) in [5.74, 6) is 2.44. The van der Waals surface area contributed by atoms with E-state index in [1.54, 1.807) is 7.11 Å². The monoisotopic (exact) mass is 374 g/mol. The second-order valence-corrected chi connectivity index (χ2v) is 7.11. The quantitative estimate of drug-likeness (QED) is 0.396. The van der Waals surface area contributed by atoms with Crippen LogP contribution in [0.25, 0.3) is 0 Å². The third-order valence-electron chi connectivity index (χ3n) is 4.94. The van der Waals surface area contributed by atoms with Crippen molar-refractivity contribution in [3.8, 4) is 5.75 Å². The van der Waals surface area contributed by atoms with Crippen LogP contribution in [-0.2, 0) is 11.3 Å². The van der Waals surface area contributed by atoms with Gasteiger partial charge in [0.25, 0.3) is 0 Å². The first kappa shape index (κ1) is 21.1. The molecule has 0 radical (unpaired) electrons. The largest absolute Gasteiger partial charge is 0.496 e. The third-order valence-corrected chi connectivity index (χ3v) is 4.94. The fourth-order valence-corrected chi connectivity index (χ4v) is 3.54. The minimum absolute atomic E-state index is 0.157. The molecule has 6 heteroatoms. The Morgan fingerprint density at radius 3 is 2.70 bits per heavy atom. The van der Waals surface area contributed by atoms with Gasteiger partial charge in [-0.15, -0.1) is 0 Å². The van der Waals surface area contributed by atoms with Crippen molar-refractivity contribution >= 4 is 11.9 Å². The zero-order valence-corrected chi connectivity index (χ0v) is 17.0. The molecule has 2 N–H and O–H groups in total. The summed E-state index contributed by atoms with van der Waals surface area (Å²) in [7, 11) is 3.69. The number of guanidine groups is 1. The molecule has 1 saturated carbocycles. The second kappa shape index (κ2) is 11.5. The van der Waals surface area contributed by atoms with Crippen molar-refractivity contribution < 1.29 is 9.53 Å². The molecule has 6 nitrogen and oxygen atoms in total. The summed E-state index contributed by atoms with van der Waals surface area (Å²) >= 11 is 0. The zero-order chi connectivity index (χ0) is 19.5. The van der Waals surface area contributed by atoms with E-state index < -0.39 is 0 Å². The van der Waals surface area contributed by atoms with Gasteiger partial charge in [0, 0.05) is 38.7 Å². The molecule has 0 aliphatic heterocycles. The number of methoxy groups -OCH3 is 1. The van der Waals surface area contributed by atoms with Gasteiger partial charge in [0.15, 0.2) is 5.96 Å². The molecular formula is C21H34N4O2. The fraction of sp³-hybridized carbons (Fsp3) is 0.619. The topological polar surface area (TPSA) is 66.0 Å². The van der Waals surface area contributed by atoms with Crippen molar-refractivity contribution in [2.45, 2.75) is 45.6 Å². The normalized spacial score (nSPS) is 14.9. The van der Waals surface area contributed by atoms with Gasteiger partial charge in [-0.3, -0.25) is 9.79 Å². The van der Waals surface area contributed by atoms with E-state index in [1.807, 2.05) is 25.2 Å². The highest BCUT2D eigenvalue weighted by Crippen LogP contribution is 2.27. The van der Waals surface area contributed by atoms with E-state index >= 15 is 0 Å². The van der Waals surface area contributed by atoms with Crippen LogP contribution in [-0.4, -0.2) is 50.6 Å². The van der Waals surface area contributed by atoms with Crippen LogP contribution in [0.1, 0.15) is 44.6 Å². The maximum absolute atomic E-state index is 12.0. The zero-order valence-electron chi connectivity index (χ0n) is 17.0.